The maximum Gasteiger partial charge on any atom is 0.239 e. The van der Waals surface area contributed by atoms with Gasteiger partial charge >= 0.3 is 0 Å². The van der Waals surface area contributed by atoms with Crippen LogP contribution in [-0.4, -0.2) is 54.3 Å². The predicted molar refractivity (Wildman–Crippen MR) is 117 cm³/mol. The Morgan fingerprint density at radius 1 is 0.931 bits per heavy atom. The summed E-state index contributed by atoms with van der Waals surface area (Å²) in [6, 6.07) is 19.5. The molecule has 152 valence electrons. The minimum Gasteiger partial charge on any atom is -0.339 e. The second-order valence-corrected chi connectivity index (χ2v) is 7.85. The van der Waals surface area contributed by atoms with Gasteiger partial charge in [-0.15, -0.1) is 0 Å². The fraction of sp³-hybridized carbons (Fsp3) is 0.333. The van der Waals surface area contributed by atoms with Crippen LogP contribution in [0.25, 0.3) is 6.08 Å². The summed E-state index contributed by atoms with van der Waals surface area (Å²) < 4.78 is 0. The lowest BCUT2D eigenvalue weighted by Gasteiger charge is -2.37. The van der Waals surface area contributed by atoms with E-state index in [9.17, 15) is 9.59 Å². The number of hydrogen-bond acceptors (Lipinski definition) is 3. The number of benzene rings is 2. The quantitative estimate of drug-likeness (QED) is 0.767. The van der Waals surface area contributed by atoms with Crippen molar-refractivity contribution in [2.24, 2.45) is 5.41 Å². The molecule has 1 aliphatic rings. The van der Waals surface area contributed by atoms with Gasteiger partial charge in [-0.3, -0.25) is 14.5 Å². The van der Waals surface area contributed by atoms with E-state index in [1.165, 1.54) is 5.56 Å². The number of nitrogens with one attached hydrogen (secondary N) is 1. The monoisotopic (exact) mass is 391 g/mol. The van der Waals surface area contributed by atoms with E-state index >= 15 is 0 Å². The number of piperazine rings is 1. The van der Waals surface area contributed by atoms with Crippen molar-refractivity contribution in [1.82, 2.24) is 9.80 Å². The molecule has 1 fully saturated rings. The molecular formula is C24H29N3O2. The van der Waals surface area contributed by atoms with Crippen LogP contribution in [0.4, 0.5) is 5.69 Å². The molecule has 0 atom stereocenters. The standard InChI is InChI=1S/C24H29N3O2/c1-24(2,22(28)25-21-13-7-4-8-14-21)23(29)27-18-16-26(17-19-27)15-9-12-20-10-5-3-6-11-20/h3-14H,15-19H2,1-2H3,(H,25,28)/b12-9+. The van der Waals surface area contributed by atoms with Crippen LogP contribution < -0.4 is 5.32 Å². The Kier molecular flexibility index (Phi) is 6.83. The Morgan fingerprint density at radius 3 is 2.14 bits per heavy atom. The van der Waals surface area contributed by atoms with Crippen molar-refractivity contribution < 1.29 is 9.59 Å². The van der Waals surface area contributed by atoms with E-state index < -0.39 is 5.41 Å². The lowest BCUT2D eigenvalue weighted by molar-refractivity contribution is -0.147. The van der Waals surface area contributed by atoms with Gasteiger partial charge in [-0.1, -0.05) is 60.7 Å². The third kappa shape index (κ3) is 5.55. The van der Waals surface area contributed by atoms with Crippen LogP contribution in [0.15, 0.2) is 66.7 Å². The van der Waals surface area contributed by atoms with E-state index in [0.29, 0.717) is 18.8 Å². The molecule has 0 spiro atoms. The van der Waals surface area contributed by atoms with Crippen LogP contribution in [0.3, 0.4) is 0 Å². The van der Waals surface area contributed by atoms with Gasteiger partial charge in [-0.2, -0.15) is 0 Å². The molecule has 1 N–H and O–H groups in total. The molecule has 0 saturated carbocycles. The molecule has 2 amide bonds. The molecule has 2 aromatic carbocycles. The van der Waals surface area contributed by atoms with Crippen molar-refractivity contribution in [2.75, 3.05) is 38.0 Å². The number of anilines is 1. The molecular weight excluding hydrogens is 362 g/mol. The molecule has 0 bridgehead atoms. The zero-order valence-electron chi connectivity index (χ0n) is 17.2. The zero-order valence-corrected chi connectivity index (χ0v) is 17.2. The molecule has 2 aromatic rings. The normalized spacial score (nSPS) is 15.4. The summed E-state index contributed by atoms with van der Waals surface area (Å²) in [5.74, 6) is -0.396. The van der Waals surface area contributed by atoms with Crippen LogP contribution in [0, 0.1) is 5.41 Å². The molecule has 1 aliphatic heterocycles. The highest BCUT2D eigenvalue weighted by molar-refractivity contribution is 6.09. The Morgan fingerprint density at radius 2 is 1.52 bits per heavy atom. The summed E-state index contributed by atoms with van der Waals surface area (Å²) in [6.07, 6.45) is 4.28. The van der Waals surface area contributed by atoms with Crippen molar-refractivity contribution in [2.45, 2.75) is 13.8 Å². The molecule has 1 heterocycles. The van der Waals surface area contributed by atoms with Gasteiger partial charge in [0.1, 0.15) is 5.41 Å². The summed E-state index contributed by atoms with van der Waals surface area (Å²) in [5, 5.41) is 2.85. The zero-order chi connectivity index (χ0) is 20.7. The van der Waals surface area contributed by atoms with Crippen molar-refractivity contribution in [3.63, 3.8) is 0 Å². The van der Waals surface area contributed by atoms with E-state index in [2.05, 4.69) is 34.5 Å². The van der Waals surface area contributed by atoms with Crippen LogP contribution in [-0.2, 0) is 9.59 Å². The van der Waals surface area contributed by atoms with Gasteiger partial charge in [0.25, 0.3) is 0 Å². The van der Waals surface area contributed by atoms with Crippen LogP contribution in [0.1, 0.15) is 19.4 Å². The predicted octanol–water partition coefficient (Wildman–Crippen LogP) is 3.51. The van der Waals surface area contributed by atoms with Crippen molar-refractivity contribution >= 4 is 23.6 Å². The van der Waals surface area contributed by atoms with E-state index in [1.54, 1.807) is 13.8 Å². The molecule has 0 aliphatic carbocycles. The first-order valence-corrected chi connectivity index (χ1v) is 10.1. The maximum absolute atomic E-state index is 13.0. The topological polar surface area (TPSA) is 52.7 Å². The van der Waals surface area contributed by atoms with E-state index in [-0.39, 0.29) is 11.8 Å². The summed E-state index contributed by atoms with van der Waals surface area (Å²) in [7, 11) is 0. The largest absolute Gasteiger partial charge is 0.339 e. The summed E-state index contributed by atoms with van der Waals surface area (Å²) in [6.45, 7) is 7.14. The average molecular weight is 392 g/mol. The third-order valence-electron chi connectivity index (χ3n) is 5.27. The summed E-state index contributed by atoms with van der Waals surface area (Å²) in [4.78, 5) is 29.8. The number of carbonyl (C=O) groups excluding carboxylic acids is 2. The first-order chi connectivity index (χ1) is 14.0. The molecule has 0 unspecified atom stereocenters. The molecule has 29 heavy (non-hydrogen) atoms. The second kappa shape index (κ2) is 9.52. The van der Waals surface area contributed by atoms with Crippen molar-refractivity contribution in [1.29, 1.82) is 0 Å². The van der Waals surface area contributed by atoms with Gasteiger partial charge in [-0.25, -0.2) is 0 Å². The van der Waals surface area contributed by atoms with Crippen LogP contribution >= 0.6 is 0 Å². The average Bonchev–Trinajstić information content (AvgIpc) is 2.75. The molecule has 0 aromatic heterocycles. The minimum absolute atomic E-state index is 0.120. The lowest BCUT2D eigenvalue weighted by atomic mass is 9.89. The number of para-hydroxylation sites is 1. The van der Waals surface area contributed by atoms with Crippen molar-refractivity contribution in [3.8, 4) is 0 Å². The number of nitrogens with zero attached hydrogens (tertiary/aromatic N) is 2. The Labute approximate surface area is 173 Å². The Bertz CT molecular complexity index is 839. The molecule has 3 rings (SSSR count). The highest BCUT2D eigenvalue weighted by atomic mass is 16.2. The number of rotatable bonds is 6. The number of amides is 2. The van der Waals surface area contributed by atoms with E-state index in [0.717, 1.165) is 19.6 Å². The minimum atomic E-state index is -1.11. The van der Waals surface area contributed by atoms with Gasteiger partial charge in [0.15, 0.2) is 0 Å². The molecule has 5 heteroatoms. The van der Waals surface area contributed by atoms with E-state index in [1.807, 2.05) is 53.4 Å². The first kappa shape index (κ1) is 20.8. The van der Waals surface area contributed by atoms with Gasteiger partial charge < -0.3 is 10.2 Å². The van der Waals surface area contributed by atoms with Crippen LogP contribution in [0.2, 0.25) is 0 Å². The fourth-order valence-electron chi connectivity index (χ4n) is 3.34. The second-order valence-electron chi connectivity index (χ2n) is 7.85. The highest BCUT2D eigenvalue weighted by Crippen LogP contribution is 2.23. The summed E-state index contributed by atoms with van der Waals surface area (Å²) >= 11 is 0. The smallest absolute Gasteiger partial charge is 0.239 e. The first-order valence-electron chi connectivity index (χ1n) is 10.1. The highest BCUT2D eigenvalue weighted by Gasteiger charge is 2.40. The molecule has 5 nitrogen and oxygen atoms in total. The number of hydrogen-bond donors (Lipinski definition) is 1. The Hall–Kier alpha value is -2.92. The Balaban J connectivity index is 1.49. The third-order valence-corrected chi connectivity index (χ3v) is 5.27. The molecule has 1 saturated heterocycles. The fourth-order valence-corrected chi connectivity index (χ4v) is 3.34. The van der Waals surface area contributed by atoms with Gasteiger partial charge in [0, 0.05) is 38.4 Å². The summed E-state index contributed by atoms with van der Waals surface area (Å²) in [5.41, 5.74) is 0.784. The van der Waals surface area contributed by atoms with Gasteiger partial charge in [-0.05, 0) is 31.5 Å². The van der Waals surface area contributed by atoms with Crippen LogP contribution in [0.5, 0.6) is 0 Å². The van der Waals surface area contributed by atoms with Gasteiger partial charge in [0.2, 0.25) is 11.8 Å². The van der Waals surface area contributed by atoms with Crippen molar-refractivity contribution in [3.05, 3.63) is 72.3 Å². The van der Waals surface area contributed by atoms with E-state index in [4.69, 9.17) is 0 Å². The molecule has 0 radical (unpaired) electrons. The lowest BCUT2D eigenvalue weighted by Crippen LogP contribution is -2.54. The SMILES string of the molecule is CC(C)(C(=O)Nc1ccccc1)C(=O)N1CCN(C/C=C/c2ccccc2)CC1. The maximum atomic E-state index is 13.0. The number of carbonyl (C=O) groups is 2. The van der Waals surface area contributed by atoms with Gasteiger partial charge in [0.05, 0.1) is 0 Å².